The van der Waals surface area contributed by atoms with Crippen LogP contribution in [0.1, 0.15) is 30.1 Å². The summed E-state index contributed by atoms with van der Waals surface area (Å²) in [6.45, 7) is 6.86. The summed E-state index contributed by atoms with van der Waals surface area (Å²) < 4.78 is 7.44. The normalized spacial score (nSPS) is 16.4. The van der Waals surface area contributed by atoms with Gasteiger partial charge in [-0.15, -0.1) is 0 Å². The van der Waals surface area contributed by atoms with Gasteiger partial charge in [0, 0.05) is 45.5 Å². The van der Waals surface area contributed by atoms with Crippen LogP contribution < -0.4 is 5.32 Å². The summed E-state index contributed by atoms with van der Waals surface area (Å²) >= 11 is 0. The van der Waals surface area contributed by atoms with Crippen molar-refractivity contribution in [3.63, 3.8) is 0 Å². The van der Waals surface area contributed by atoms with Crippen molar-refractivity contribution < 1.29 is 4.74 Å². The molecule has 5 nitrogen and oxygen atoms in total. The van der Waals surface area contributed by atoms with Gasteiger partial charge in [0.1, 0.15) is 0 Å². The highest BCUT2D eigenvalue weighted by atomic mass is 16.5. The highest BCUT2D eigenvalue weighted by Gasteiger charge is 2.22. The molecule has 0 saturated carbocycles. The molecule has 1 aromatic heterocycles. The number of hydrogen-bond acceptors (Lipinski definition) is 4. The van der Waals surface area contributed by atoms with E-state index in [0.29, 0.717) is 12.6 Å². The molecule has 2 heterocycles. The minimum atomic E-state index is 0.531. The first-order valence-corrected chi connectivity index (χ1v) is 8.81. The molecule has 0 spiro atoms. The average Bonchev–Trinajstić information content (AvgIpc) is 2.97. The molecule has 3 rings (SSSR count). The Morgan fingerprint density at radius 1 is 1.21 bits per heavy atom. The molecule has 24 heavy (non-hydrogen) atoms. The number of hydrogen-bond donors (Lipinski definition) is 1. The number of likely N-dealkylation sites (tertiary alicyclic amines) is 1. The number of nitrogens with one attached hydrogen (secondary N) is 1. The van der Waals surface area contributed by atoms with E-state index in [2.05, 4.69) is 63.2 Å². The topological polar surface area (TPSA) is 42.3 Å². The second-order valence-electron chi connectivity index (χ2n) is 6.53. The first-order chi connectivity index (χ1) is 11.8. The molecule has 1 N–H and O–H groups in total. The van der Waals surface area contributed by atoms with Gasteiger partial charge in [0.15, 0.2) is 0 Å². The highest BCUT2D eigenvalue weighted by Crippen LogP contribution is 2.27. The van der Waals surface area contributed by atoms with Crippen LogP contribution in [0.5, 0.6) is 0 Å². The van der Waals surface area contributed by atoms with Crippen molar-refractivity contribution in [1.82, 2.24) is 14.5 Å². The van der Waals surface area contributed by atoms with Crippen LogP contribution in [-0.4, -0.2) is 47.8 Å². The van der Waals surface area contributed by atoms with E-state index in [9.17, 15) is 0 Å². The van der Waals surface area contributed by atoms with Crippen LogP contribution >= 0.6 is 0 Å². The van der Waals surface area contributed by atoms with Crippen molar-refractivity contribution in [2.75, 3.05) is 38.7 Å². The molecule has 0 radical (unpaired) electrons. The van der Waals surface area contributed by atoms with Gasteiger partial charge >= 0.3 is 0 Å². The number of piperidine rings is 1. The fourth-order valence-electron chi connectivity index (χ4n) is 3.39. The lowest BCUT2D eigenvalue weighted by molar-refractivity contribution is 0.180. The van der Waals surface area contributed by atoms with E-state index in [4.69, 9.17) is 4.74 Å². The van der Waals surface area contributed by atoms with E-state index in [-0.39, 0.29) is 0 Å². The summed E-state index contributed by atoms with van der Waals surface area (Å²) in [7, 11) is 1.72. The van der Waals surface area contributed by atoms with Crippen LogP contribution in [0, 0.1) is 6.92 Å². The van der Waals surface area contributed by atoms with Crippen molar-refractivity contribution in [2.24, 2.45) is 0 Å². The number of anilines is 1. The zero-order valence-electron chi connectivity index (χ0n) is 14.7. The van der Waals surface area contributed by atoms with Crippen LogP contribution in [0.4, 0.5) is 5.95 Å². The van der Waals surface area contributed by atoms with Gasteiger partial charge in [-0.1, -0.05) is 30.3 Å². The van der Waals surface area contributed by atoms with Crippen molar-refractivity contribution in [3.05, 3.63) is 47.8 Å². The second-order valence-corrected chi connectivity index (χ2v) is 6.53. The SMILES string of the molecule is COCCNc1nc(C)cn1C1CCN(Cc2ccccc2)CC1. The Hall–Kier alpha value is -1.85. The minimum Gasteiger partial charge on any atom is -0.383 e. The van der Waals surface area contributed by atoms with Gasteiger partial charge in [-0.05, 0) is 25.3 Å². The summed E-state index contributed by atoms with van der Waals surface area (Å²) in [6.07, 6.45) is 4.51. The Morgan fingerprint density at radius 2 is 1.96 bits per heavy atom. The lowest BCUT2D eigenvalue weighted by Crippen LogP contribution is -2.34. The number of rotatable bonds is 7. The predicted octanol–water partition coefficient (Wildman–Crippen LogP) is 3.09. The van der Waals surface area contributed by atoms with Gasteiger partial charge in [0.05, 0.1) is 12.3 Å². The summed E-state index contributed by atoms with van der Waals surface area (Å²) in [6, 6.07) is 11.3. The standard InChI is InChI=1S/C19H28N4O/c1-16-14-23(19(21-16)20-10-13-24-2)18-8-11-22(12-9-18)15-17-6-4-3-5-7-17/h3-7,14,18H,8-13,15H2,1-2H3,(H,20,21). The first kappa shape index (κ1) is 17.0. The summed E-state index contributed by atoms with van der Waals surface area (Å²) in [4.78, 5) is 7.18. The number of aryl methyl sites for hydroxylation is 1. The Bertz CT molecular complexity index is 618. The van der Waals surface area contributed by atoms with Crippen molar-refractivity contribution in [2.45, 2.75) is 32.4 Å². The molecule has 0 aliphatic carbocycles. The van der Waals surface area contributed by atoms with Crippen LogP contribution in [0.2, 0.25) is 0 Å². The number of ether oxygens (including phenoxy) is 1. The molecule has 0 bridgehead atoms. The molecule has 0 atom stereocenters. The Morgan fingerprint density at radius 3 is 2.67 bits per heavy atom. The van der Waals surface area contributed by atoms with E-state index in [1.54, 1.807) is 7.11 Å². The molecule has 1 aliphatic heterocycles. The van der Waals surface area contributed by atoms with Crippen molar-refractivity contribution in [1.29, 1.82) is 0 Å². The number of nitrogens with zero attached hydrogens (tertiary/aromatic N) is 3. The van der Waals surface area contributed by atoms with Crippen LogP contribution in [0.15, 0.2) is 36.5 Å². The molecule has 1 aromatic carbocycles. The molecule has 1 aliphatic rings. The number of imidazole rings is 1. The molecule has 5 heteroatoms. The average molecular weight is 328 g/mol. The lowest BCUT2D eigenvalue weighted by atomic mass is 10.0. The summed E-state index contributed by atoms with van der Waals surface area (Å²) in [5.41, 5.74) is 2.47. The van der Waals surface area contributed by atoms with Gasteiger partial charge in [0.25, 0.3) is 0 Å². The summed E-state index contributed by atoms with van der Waals surface area (Å²) in [5.74, 6) is 0.978. The fraction of sp³-hybridized carbons (Fsp3) is 0.526. The quantitative estimate of drug-likeness (QED) is 0.793. The third-order valence-electron chi connectivity index (χ3n) is 4.64. The van der Waals surface area contributed by atoms with Crippen LogP contribution in [0.3, 0.4) is 0 Å². The van der Waals surface area contributed by atoms with Crippen LogP contribution in [-0.2, 0) is 11.3 Å². The number of aromatic nitrogens is 2. The van der Waals surface area contributed by atoms with E-state index in [1.807, 2.05) is 0 Å². The Labute approximate surface area is 144 Å². The molecule has 130 valence electrons. The van der Waals surface area contributed by atoms with Gasteiger partial charge < -0.3 is 14.6 Å². The van der Waals surface area contributed by atoms with Crippen molar-refractivity contribution in [3.8, 4) is 0 Å². The number of benzene rings is 1. The second kappa shape index (κ2) is 8.31. The molecule has 0 unspecified atom stereocenters. The van der Waals surface area contributed by atoms with Gasteiger partial charge in [-0.3, -0.25) is 4.90 Å². The Balaban J connectivity index is 1.56. The fourth-order valence-corrected chi connectivity index (χ4v) is 3.39. The molecular weight excluding hydrogens is 300 g/mol. The zero-order chi connectivity index (χ0) is 16.8. The van der Waals surface area contributed by atoms with E-state index < -0.39 is 0 Å². The maximum atomic E-state index is 5.12. The van der Waals surface area contributed by atoms with Gasteiger partial charge in [-0.2, -0.15) is 0 Å². The zero-order valence-corrected chi connectivity index (χ0v) is 14.7. The van der Waals surface area contributed by atoms with Gasteiger partial charge in [-0.25, -0.2) is 4.98 Å². The third-order valence-corrected chi connectivity index (χ3v) is 4.64. The predicted molar refractivity (Wildman–Crippen MR) is 97.3 cm³/mol. The third kappa shape index (κ3) is 4.36. The smallest absolute Gasteiger partial charge is 0.203 e. The van der Waals surface area contributed by atoms with E-state index >= 15 is 0 Å². The molecule has 1 fully saturated rings. The largest absolute Gasteiger partial charge is 0.383 e. The number of methoxy groups -OCH3 is 1. The molecule has 0 amide bonds. The monoisotopic (exact) mass is 328 g/mol. The van der Waals surface area contributed by atoms with Crippen molar-refractivity contribution >= 4 is 5.95 Å². The molecular formula is C19H28N4O. The highest BCUT2D eigenvalue weighted by molar-refractivity contribution is 5.29. The van der Waals surface area contributed by atoms with Gasteiger partial charge in [0.2, 0.25) is 5.95 Å². The Kier molecular flexibility index (Phi) is 5.88. The summed E-state index contributed by atoms with van der Waals surface area (Å²) in [5, 5.41) is 3.40. The maximum absolute atomic E-state index is 5.12. The molecule has 2 aromatic rings. The maximum Gasteiger partial charge on any atom is 0.203 e. The lowest BCUT2D eigenvalue weighted by Gasteiger charge is -2.33. The first-order valence-electron chi connectivity index (χ1n) is 8.81. The van der Waals surface area contributed by atoms with Crippen LogP contribution in [0.25, 0.3) is 0 Å². The minimum absolute atomic E-state index is 0.531. The molecule has 1 saturated heterocycles. The van der Waals surface area contributed by atoms with E-state index in [0.717, 1.165) is 37.8 Å². The van der Waals surface area contributed by atoms with E-state index in [1.165, 1.54) is 18.4 Å².